The van der Waals surface area contributed by atoms with E-state index in [-0.39, 0.29) is 12.4 Å². The Kier molecular flexibility index (Phi) is 3.01. The fourth-order valence-electron chi connectivity index (χ4n) is 0.250. The first-order chi connectivity index (χ1) is 2.00. The lowest BCUT2D eigenvalue weighted by molar-refractivity contribution is 0.971. The monoisotopic (exact) mass is 108 g/mol. The van der Waals surface area contributed by atoms with Gasteiger partial charge in [-0.05, 0) is 0 Å². The van der Waals surface area contributed by atoms with E-state index in [2.05, 4.69) is 0 Å². The Hall–Kier alpha value is 0.507. The number of hydrogen-bond donors (Lipinski definition) is 0. The average molecular weight is 109 g/mol. The highest BCUT2D eigenvalue weighted by molar-refractivity contribution is 6.38. The predicted molar refractivity (Wildman–Crippen MR) is 30.0 cm³/mol. The minimum Gasteiger partial charge on any atom is -0.147 e. The largest absolute Gasteiger partial charge is 0.147 e. The van der Waals surface area contributed by atoms with Crippen LogP contribution in [0.1, 0.15) is 6.42 Å². The van der Waals surface area contributed by atoms with E-state index >= 15 is 0 Å². The second-order valence-electron chi connectivity index (χ2n) is 1.41. The van der Waals surface area contributed by atoms with Gasteiger partial charge >= 0.3 is 0 Å². The van der Waals surface area contributed by atoms with E-state index in [1.165, 1.54) is 0 Å². The summed E-state index contributed by atoms with van der Waals surface area (Å²) in [5, 5.41) is 0. The Morgan fingerprint density at radius 1 is 1.20 bits per heavy atom. The highest BCUT2D eigenvalue weighted by Gasteiger charge is 1.96. The molecule has 0 aromatic rings. The van der Waals surface area contributed by atoms with E-state index in [1.54, 1.807) is 18.5 Å². The molecule has 0 atom stereocenters. The van der Waals surface area contributed by atoms with Crippen LogP contribution in [0.2, 0.25) is 12.1 Å². The standard InChI is InChI=1S/C3H8Si.ClH/c1-2-4-3-1;/h1-4H2;1H. The van der Waals surface area contributed by atoms with Crippen molar-refractivity contribution in [1.29, 1.82) is 0 Å². The van der Waals surface area contributed by atoms with Gasteiger partial charge < -0.3 is 0 Å². The maximum atomic E-state index is 1.64. The molecule has 1 aliphatic rings. The third-order valence-corrected chi connectivity index (χ3v) is 3.00. The van der Waals surface area contributed by atoms with Gasteiger partial charge in [0.15, 0.2) is 0 Å². The fraction of sp³-hybridized carbons (Fsp3) is 1.00. The van der Waals surface area contributed by atoms with Crippen LogP contribution in [0.25, 0.3) is 0 Å². The molecule has 1 fully saturated rings. The minimum atomic E-state index is 0. The number of hydrogen-bond acceptors (Lipinski definition) is 0. The zero-order valence-electron chi connectivity index (χ0n) is 3.24. The molecule has 0 nitrogen and oxygen atoms in total. The van der Waals surface area contributed by atoms with Crippen molar-refractivity contribution < 1.29 is 0 Å². The summed E-state index contributed by atoms with van der Waals surface area (Å²) in [6.45, 7) is 0. The number of rotatable bonds is 0. The predicted octanol–water partition coefficient (Wildman–Crippen LogP) is 0.817. The summed E-state index contributed by atoms with van der Waals surface area (Å²) < 4.78 is 0. The first-order valence-corrected chi connectivity index (χ1v) is 4.00. The lowest BCUT2D eigenvalue weighted by Gasteiger charge is -2.04. The van der Waals surface area contributed by atoms with Crippen LogP contribution in [0.4, 0.5) is 0 Å². The molecule has 0 amide bonds. The maximum absolute atomic E-state index is 1.64. The minimum absolute atomic E-state index is 0. The van der Waals surface area contributed by atoms with Crippen LogP contribution in [0.15, 0.2) is 0 Å². The molecule has 0 spiro atoms. The molecule has 0 radical (unpaired) electrons. The van der Waals surface area contributed by atoms with Crippen LogP contribution in [0, 0.1) is 0 Å². The Morgan fingerprint density at radius 3 is 1.40 bits per heavy atom. The van der Waals surface area contributed by atoms with Crippen molar-refractivity contribution in [3.05, 3.63) is 0 Å². The lowest BCUT2D eigenvalue weighted by atomic mass is 10.5. The van der Waals surface area contributed by atoms with Gasteiger partial charge in [0.1, 0.15) is 0 Å². The molecule has 5 heavy (non-hydrogen) atoms. The molecule has 0 aromatic heterocycles. The van der Waals surface area contributed by atoms with Crippen LogP contribution in [-0.2, 0) is 0 Å². The van der Waals surface area contributed by atoms with Gasteiger partial charge in [0.05, 0.1) is 0 Å². The highest BCUT2D eigenvalue weighted by atomic mass is 35.5. The van der Waals surface area contributed by atoms with Crippen molar-refractivity contribution in [3.8, 4) is 0 Å². The maximum Gasteiger partial charge on any atom is 0.0197 e. The topological polar surface area (TPSA) is 0 Å². The van der Waals surface area contributed by atoms with E-state index in [0.717, 1.165) is 0 Å². The van der Waals surface area contributed by atoms with Gasteiger partial charge in [-0.2, -0.15) is 0 Å². The lowest BCUT2D eigenvalue weighted by Crippen LogP contribution is -1.98. The molecule has 1 heterocycles. The third-order valence-electron chi connectivity index (χ3n) is 1.000. The summed E-state index contributed by atoms with van der Waals surface area (Å²) in [5.41, 5.74) is 0. The van der Waals surface area contributed by atoms with E-state index in [0.29, 0.717) is 9.52 Å². The molecule has 0 aromatic carbocycles. The summed E-state index contributed by atoms with van der Waals surface area (Å²) in [5.74, 6) is 0. The zero-order valence-corrected chi connectivity index (χ0v) is 5.47. The molecule has 32 valence electrons. The molecule has 0 saturated carbocycles. The molecule has 1 rings (SSSR count). The smallest absolute Gasteiger partial charge is 0.0197 e. The Morgan fingerprint density at radius 2 is 1.40 bits per heavy atom. The van der Waals surface area contributed by atoms with Crippen molar-refractivity contribution in [1.82, 2.24) is 0 Å². The molecule has 0 aliphatic carbocycles. The Labute approximate surface area is 41.2 Å². The van der Waals surface area contributed by atoms with Gasteiger partial charge in [0.25, 0.3) is 0 Å². The van der Waals surface area contributed by atoms with Gasteiger partial charge in [-0.15, -0.1) is 12.4 Å². The van der Waals surface area contributed by atoms with Gasteiger partial charge in [-0.1, -0.05) is 18.5 Å². The van der Waals surface area contributed by atoms with Gasteiger partial charge in [0.2, 0.25) is 0 Å². The molecule has 2 heteroatoms. The molecule has 1 aliphatic heterocycles. The SMILES string of the molecule is C1C[SiH2]C1.Cl. The van der Waals surface area contributed by atoms with Gasteiger partial charge in [-0.3, -0.25) is 0 Å². The summed E-state index contributed by atoms with van der Waals surface area (Å²) in [7, 11) is 0.605. The van der Waals surface area contributed by atoms with Crippen molar-refractivity contribution in [2.24, 2.45) is 0 Å². The highest BCUT2D eigenvalue weighted by Crippen LogP contribution is 2.07. The average Bonchev–Trinajstić information content (AvgIpc) is 0.722. The first kappa shape index (κ1) is 5.51. The van der Waals surface area contributed by atoms with E-state index in [1.807, 2.05) is 0 Å². The first-order valence-electron chi connectivity index (χ1n) is 2.00. The van der Waals surface area contributed by atoms with Crippen molar-refractivity contribution in [3.63, 3.8) is 0 Å². The van der Waals surface area contributed by atoms with Crippen molar-refractivity contribution >= 4 is 21.9 Å². The van der Waals surface area contributed by atoms with Crippen LogP contribution < -0.4 is 0 Å². The molecule has 0 unspecified atom stereocenters. The van der Waals surface area contributed by atoms with E-state index in [9.17, 15) is 0 Å². The van der Waals surface area contributed by atoms with Crippen molar-refractivity contribution in [2.45, 2.75) is 18.5 Å². The normalized spacial score (nSPS) is 19.2. The van der Waals surface area contributed by atoms with Crippen LogP contribution in [-0.4, -0.2) is 9.52 Å². The van der Waals surface area contributed by atoms with Gasteiger partial charge in [-0.25, -0.2) is 0 Å². The van der Waals surface area contributed by atoms with E-state index < -0.39 is 0 Å². The molecule has 0 N–H and O–H groups in total. The third kappa shape index (κ3) is 1.39. The fourth-order valence-corrected chi connectivity index (χ4v) is 0.750. The van der Waals surface area contributed by atoms with Crippen LogP contribution in [0.5, 0.6) is 0 Å². The summed E-state index contributed by atoms with van der Waals surface area (Å²) in [6, 6.07) is 3.28. The second-order valence-corrected chi connectivity index (χ2v) is 3.54. The van der Waals surface area contributed by atoms with Crippen LogP contribution >= 0.6 is 12.4 Å². The number of halogens is 1. The Balaban J connectivity index is 0.000000160. The molecule has 0 bridgehead atoms. The quantitative estimate of drug-likeness (QED) is 0.403. The second kappa shape index (κ2) is 2.73. The molecule has 1 saturated heterocycles. The van der Waals surface area contributed by atoms with Crippen molar-refractivity contribution in [2.75, 3.05) is 0 Å². The summed E-state index contributed by atoms with van der Waals surface area (Å²) in [4.78, 5) is 0. The molecular weight excluding hydrogens is 99.6 g/mol. The summed E-state index contributed by atoms with van der Waals surface area (Å²) in [6.07, 6.45) is 1.56. The summed E-state index contributed by atoms with van der Waals surface area (Å²) >= 11 is 0. The zero-order chi connectivity index (χ0) is 2.83. The van der Waals surface area contributed by atoms with E-state index in [4.69, 9.17) is 0 Å². The van der Waals surface area contributed by atoms with Gasteiger partial charge in [0, 0.05) is 9.52 Å². The molecular formula is C3H9ClSi. The Bertz CT molecular complexity index is 14.9. The van der Waals surface area contributed by atoms with Crippen LogP contribution in [0.3, 0.4) is 0 Å².